The van der Waals surface area contributed by atoms with Gasteiger partial charge in [0.25, 0.3) is 11.8 Å². The number of nitrogens with zero attached hydrogens (tertiary/aromatic N) is 3. The number of benzene rings is 1. The van der Waals surface area contributed by atoms with Crippen LogP contribution >= 0.6 is 11.6 Å². The number of likely N-dealkylation sites (tertiary alicyclic amines) is 1. The molecular formula is C31H39ClN6O9S. The molecule has 2 aromatic rings. The van der Waals surface area contributed by atoms with Crippen molar-refractivity contribution in [3.63, 3.8) is 0 Å². The van der Waals surface area contributed by atoms with Crippen molar-refractivity contribution in [2.75, 3.05) is 13.7 Å². The lowest BCUT2D eigenvalue weighted by Gasteiger charge is -2.35. The average molecular weight is 707 g/mol. The first-order chi connectivity index (χ1) is 22.3. The molecule has 17 heteroatoms. The summed E-state index contributed by atoms with van der Waals surface area (Å²) in [7, 11) is -2.51. The standard InChI is InChI=1S/C31H39ClN6O9S/c1-7-16-14-31(16,27(41)37-48(44,45)30(5)10-11-30)36-24(39)21-13-18(15-38(21)26(40)22(29(2,3)4)35-28(42)43)47-25-23(32)33-19-9-8-17(46-6)12-20(19)34-25/h7-9,12,16,18,21-22,35H,1,10-11,13-15H2,2-6H3,(H,36,39)(H,37,41)(H,42,43)/t16-,18-,21+,22-,31-/m1/s1. The van der Waals surface area contributed by atoms with Gasteiger partial charge in [-0.25, -0.2) is 23.2 Å². The molecule has 0 spiro atoms. The maximum absolute atomic E-state index is 14.0. The number of sulfonamides is 1. The van der Waals surface area contributed by atoms with Gasteiger partial charge >= 0.3 is 6.09 Å². The van der Waals surface area contributed by atoms with E-state index in [2.05, 4.69) is 31.9 Å². The van der Waals surface area contributed by atoms with Crippen molar-refractivity contribution in [2.24, 2.45) is 11.3 Å². The summed E-state index contributed by atoms with van der Waals surface area (Å²) in [6.45, 7) is 10.1. The van der Waals surface area contributed by atoms with Crippen LogP contribution in [0.25, 0.3) is 11.0 Å². The Bertz CT molecular complexity index is 1790. The van der Waals surface area contributed by atoms with E-state index in [-0.39, 0.29) is 30.4 Å². The Morgan fingerprint density at radius 3 is 2.44 bits per heavy atom. The third-order valence-electron chi connectivity index (χ3n) is 9.19. The predicted octanol–water partition coefficient (Wildman–Crippen LogP) is 2.38. The number of fused-ring (bicyclic) bond motifs is 1. The van der Waals surface area contributed by atoms with Crippen molar-refractivity contribution in [1.82, 2.24) is 30.2 Å². The van der Waals surface area contributed by atoms with Crippen LogP contribution in [0.1, 0.15) is 53.4 Å². The normalized spacial score (nSPS) is 25.0. The van der Waals surface area contributed by atoms with Gasteiger partial charge in [-0.05, 0) is 43.7 Å². The molecule has 3 fully saturated rings. The number of hydrogen-bond acceptors (Lipinski definition) is 10. The van der Waals surface area contributed by atoms with Gasteiger partial charge in [-0.1, -0.05) is 38.4 Å². The first-order valence-corrected chi connectivity index (χ1v) is 17.2. The second kappa shape index (κ2) is 12.4. The Labute approximate surface area is 282 Å². The van der Waals surface area contributed by atoms with Crippen LogP contribution in [0.3, 0.4) is 0 Å². The molecule has 3 aliphatic rings. The fourth-order valence-electron chi connectivity index (χ4n) is 5.79. The van der Waals surface area contributed by atoms with Crippen molar-refractivity contribution in [3.8, 4) is 11.6 Å². The number of ether oxygens (including phenoxy) is 2. The van der Waals surface area contributed by atoms with Crippen molar-refractivity contribution in [1.29, 1.82) is 0 Å². The minimum atomic E-state index is -4.01. The fraction of sp³-hybridized carbons (Fsp3) is 0.548. The summed E-state index contributed by atoms with van der Waals surface area (Å²) in [5.74, 6) is -2.46. The number of amides is 4. The van der Waals surface area contributed by atoms with Gasteiger partial charge < -0.3 is 30.1 Å². The number of carbonyl (C=O) groups is 4. The molecule has 4 N–H and O–H groups in total. The zero-order valence-corrected chi connectivity index (χ0v) is 28.8. The maximum Gasteiger partial charge on any atom is 0.405 e. The zero-order valence-electron chi connectivity index (χ0n) is 27.2. The molecule has 1 saturated heterocycles. The van der Waals surface area contributed by atoms with Gasteiger partial charge in [-0.15, -0.1) is 6.58 Å². The van der Waals surface area contributed by atoms with Crippen LogP contribution in [0.15, 0.2) is 30.9 Å². The summed E-state index contributed by atoms with van der Waals surface area (Å²) in [5, 5.41) is 14.4. The quantitative estimate of drug-likeness (QED) is 0.250. The molecule has 1 aromatic carbocycles. The van der Waals surface area contributed by atoms with E-state index in [0.29, 0.717) is 29.6 Å². The summed E-state index contributed by atoms with van der Waals surface area (Å²) < 4.78 is 38.2. The Balaban J connectivity index is 1.44. The van der Waals surface area contributed by atoms with Crippen molar-refractivity contribution < 1.29 is 42.2 Å². The molecule has 1 aromatic heterocycles. The number of methoxy groups -OCH3 is 1. The average Bonchev–Trinajstić information content (AvgIpc) is 3.89. The van der Waals surface area contributed by atoms with Crippen LogP contribution < -0.4 is 24.8 Å². The molecular weight excluding hydrogens is 668 g/mol. The smallest absolute Gasteiger partial charge is 0.405 e. The third kappa shape index (κ3) is 6.72. The lowest BCUT2D eigenvalue weighted by Crippen LogP contribution is -2.60. The summed E-state index contributed by atoms with van der Waals surface area (Å²) in [4.78, 5) is 63.1. The van der Waals surface area contributed by atoms with Gasteiger partial charge in [0.05, 0.1) is 29.4 Å². The highest BCUT2D eigenvalue weighted by Crippen LogP contribution is 2.47. The Morgan fingerprint density at radius 1 is 1.19 bits per heavy atom. The molecule has 1 aliphatic heterocycles. The molecule has 4 amide bonds. The van der Waals surface area contributed by atoms with E-state index in [1.54, 1.807) is 39.0 Å². The van der Waals surface area contributed by atoms with Crippen molar-refractivity contribution in [2.45, 2.75) is 81.9 Å². The highest BCUT2D eigenvalue weighted by atomic mass is 35.5. The molecule has 0 unspecified atom stereocenters. The van der Waals surface area contributed by atoms with Crippen LogP contribution in [0, 0.1) is 11.3 Å². The Kier molecular flexibility index (Phi) is 9.05. The third-order valence-corrected chi connectivity index (χ3v) is 11.6. The topological polar surface area (TPSA) is 206 Å². The van der Waals surface area contributed by atoms with E-state index in [1.807, 2.05) is 0 Å². The largest absolute Gasteiger partial charge is 0.497 e. The van der Waals surface area contributed by atoms with E-state index in [4.69, 9.17) is 21.1 Å². The summed E-state index contributed by atoms with van der Waals surface area (Å²) in [6, 6.07) is 2.50. The van der Waals surface area contributed by atoms with E-state index in [9.17, 15) is 32.7 Å². The van der Waals surface area contributed by atoms with Crippen LogP contribution in [-0.4, -0.2) is 94.3 Å². The number of carbonyl (C=O) groups excluding carboxylic acids is 3. The van der Waals surface area contributed by atoms with Gasteiger partial charge in [0.2, 0.25) is 21.8 Å². The lowest BCUT2D eigenvalue weighted by atomic mass is 9.85. The van der Waals surface area contributed by atoms with Crippen LogP contribution in [0.5, 0.6) is 11.6 Å². The zero-order chi connectivity index (χ0) is 35.4. The molecule has 0 radical (unpaired) electrons. The number of carboxylic acid groups (broad SMARTS) is 1. The van der Waals surface area contributed by atoms with Crippen LogP contribution in [-0.2, 0) is 24.4 Å². The number of aromatic nitrogens is 2. The number of nitrogens with one attached hydrogen (secondary N) is 3. The number of rotatable bonds is 11. The monoisotopic (exact) mass is 706 g/mol. The lowest BCUT2D eigenvalue weighted by molar-refractivity contribution is -0.142. The number of hydrogen-bond donors (Lipinski definition) is 4. The predicted molar refractivity (Wildman–Crippen MR) is 174 cm³/mol. The summed E-state index contributed by atoms with van der Waals surface area (Å²) in [5.41, 5.74) is -1.62. The SMILES string of the molecule is C=C[C@@H]1C[C@]1(NC(=O)[C@@H]1C[C@@H](Oc2nc3cc(OC)ccc3nc2Cl)CN1C(=O)[C@@H](NC(=O)O)C(C)(C)C)C(=O)NS(=O)(=O)C1(C)CC1. The Hall–Kier alpha value is -4.18. The minimum Gasteiger partial charge on any atom is -0.497 e. The van der Waals surface area contributed by atoms with Crippen LogP contribution in [0.4, 0.5) is 4.79 Å². The molecule has 0 bridgehead atoms. The van der Waals surface area contributed by atoms with E-state index in [0.717, 1.165) is 0 Å². The molecule has 2 saturated carbocycles. The molecule has 5 atom stereocenters. The van der Waals surface area contributed by atoms with Gasteiger partial charge in [-0.2, -0.15) is 0 Å². The fourth-order valence-corrected chi connectivity index (χ4v) is 7.28. The highest BCUT2D eigenvalue weighted by Gasteiger charge is 2.63. The first-order valence-electron chi connectivity index (χ1n) is 15.3. The highest BCUT2D eigenvalue weighted by molar-refractivity contribution is 7.91. The molecule has 2 heterocycles. The van der Waals surface area contributed by atoms with Crippen molar-refractivity contribution >= 4 is 56.5 Å². The van der Waals surface area contributed by atoms with Gasteiger partial charge in [0, 0.05) is 18.4 Å². The molecule has 48 heavy (non-hydrogen) atoms. The van der Waals surface area contributed by atoms with E-state index in [1.165, 1.54) is 25.0 Å². The van der Waals surface area contributed by atoms with Crippen LogP contribution in [0.2, 0.25) is 5.15 Å². The number of halogens is 1. The molecule has 5 rings (SSSR count). The molecule has 15 nitrogen and oxygen atoms in total. The van der Waals surface area contributed by atoms with Gasteiger partial charge in [0.1, 0.15) is 29.5 Å². The van der Waals surface area contributed by atoms with Crippen molar-refractivity contribution in [3.05, 3.63) is 36.0 Å². The Morgan fingerprint density at radius 2 is 1.88 bits per heavy atom. The second-order valence-corrected chi connectivity index (χ2v) is 16.4. The molecule has 260 valence electrons. The van der Waals surface area contributed by atoms with E-state index < -0.39 is 73.6 Å². The summed E-state index contributed by atoms with van der Waals surface area (Å²) in [6.07, 6.45) is -0.0356. The molecule has 2 aliphatic carbocycles. The second-order valence-electron chi connectivity index (χ2n) is 13.8. The van der Waals surface area contributed by atoms with Gasteiger partial charge in [0.15, 0.2) is 5.15 Å². The van der Waals surface area contributed by atoms with Gasteiger partial charge in [-0.3, -0.25) is 19.1 Å². The summed E-state index contributed by atoms with van der Waals surface area (Å²) >= 11 is 6.40. The maximum atomic E-state index is 14.0. The minimum absolute atomic E-state index is 0.0598. The van der Waals surface area contributed by atoms with E-state index >= 15 is 0 Å². The first kappa shape index (κ1) is 35.1.